The highest BCUT2D eigenvalue weighted by Gasteiger charge is 2.34. The Morgan fingerprint density at radius 2 is 2.25 bits per heavy atom. The highest BCUT2D eigenvalue weighted by Crippen LogP contribution is 2.26. The molecule has 1 aliphatic rings. The van der Waals surface area contributed by atoms with Crippen LogP contribution in [0.25, 0.3) is 0 Å². The molecule has 1 aromatic carbocycles. The fourth-order valence-electron chi connectivity index (χ4n) is 2.53. The summed E-state index contributed by atoms with van der Waals surface area (Å²) < 4.78 is 0.766. The van der Waals surface area contributed by atoms with Crippen molar-refractivity contribution in [1.29, 1.82) is 0 Å². The molecule has 6 heteroatoms. The average molecular weight is 362 g/mol. The van der Waals surface area contributed by atoms with E-state index in [0.717, 1.165) is 11.0 Å². The van der Waals surface area contributed by atoms with E-state index in [1.807, 2.05) is 19.0 Å². The summed E-state index contributed by atoms with van der Waals surface area (Å²) in [4.78, 5) is 16.3. The summed E-state index contributed by atoms with van der Waals surface area (Å²) >= 11 is 9.35. The SMILES string of the molecule is CN(C)CC1CC(O)CN1C(=O)c1ccc(Br)c(Cl)c1. The Kier molecular flexibility index (Phi) is 5.07. The van der Waals surface area contributed by atoms with Crippen LogP contribution >= 0.6 is 27.5 Å². The monoisotopic (exact) mass is 360 g/mol. The topological polar surface area (TPSA) is 43.8 Å². The summed E-state index contributed by atoms with van der Waals surface area (Å²) in [6.45, 7) is 1.12. The smallest absolute Gasteiger partial charge is 0.254 e. The number of halogens is 2. The molecule has 110 valence electrons. The third-order valence-electron chi connectivity index (χ3n) is 3.40. The van der Waals surface area contributed by atoms with Gasteiger partial charge in [0.1, 0.15) is 0 Å². The zero-order chi connectivity index (χ0) is 14.9. The van der Waals surface area contributed by atoms with Gasteiger partial charge in [0.25, 0.3) is 5.91 Å². The largest absolute Gasteiger partial charge is 0.391 e. The molecular weight excluding hydrogens is 344 g/mol. The molecule has 0 aliphatic carbocycles. The van der Waals surface area contributed by atoms with Gasteiger partial charge in [0.05, 0.1) is 11.1 Å². The molecule has 2 rings (SSSR count). The second-order valence-electron chi connectivity index (χ2n) is 5.39. The number of amides is 1. The van der Waals surface area contributed by atoms with E-state index in [1.165, 1.54) is 0 Å². The molecule has 0 aromatic heterocycles. The number of nitrogens with zero attached hydrogens (tertiary/aromatic N) is 2. The van der Waals surface area contributed by atoms with Crippen molar-refractivity contribution in [1.82, 2.24) is 9.80 Å². The Hall–Kier alpha value is -0.620. The van der Waals surface area contributed by atoms with Crippen LogP contribution in [0.1, 0.15) is 16.8 Å². The maximum atomic E-state index is 12.6. The summed E-state index contributed by atoms with van der Waals surface area (Å²) in [6, 6.07) is 5.21. The molecule has 0 radical (unpaired) electrons. The van der Waals surface area contributed by atoms with Crippen molar-refractivity contribution >= 4 is 33.4 Å². The second kappa shape index (κ2) is 6.43. The maximum absolute atomic E-state index is 12.6. The fraction of sp³-hybridized carbons (Fsp3) is 0.500. The summed E-state index contributed by atoms with van der Waals surface area (Å²) in [5.41, 5.74) is 0.552. The van der Waals surface area contributed by atoms with E-state index >= 15 is 0 Å². The number of rotatable bonds is 3. The normalized spacial score (nSPS) is 22.6. The highest BCUT2D eigenvalue weighted by atomic mass is 79.9. The van der Waals surface area contributed by atoms with Gasteiger partial charge in [-0.15, -0.1) is 0 Å². The van der Waals surface area contributed by atoms with Gasteiger partial charge in [-0.05, 0) is 54.6 Å². The Morgan fingerprint density at radius 1 is 1.55 bits per heavy atom. The minimum Gasteiger partial charge on any atom is -0.391 e. The standard InChI is InChI=1S/C14H18BrClN2O2/c1-17(2)7-10-6-11(19)8-18(10)14(20)9-3-4-12(15)13(16)5-9/h3-5,10-11,19H,6-8H2,1-2H3. The maximum Gasteiger partial charge on any atom is 0.254 e. The van der Waals surface area contributed by atoms with Gasteiger partial charge in [-0.25, -0.2) is 0 Å². The molecule has 2 atom stereocenters. The van der Waals surface area contributed by atoms with Crippen LogP contribution in [0.4, 0.5) is 0 Å². The third-order valence-corrected chi connectivity index (χ3v) is 4.63. The van der Waals surface area contributed by atoms with Crippen molar-refractivity contribution in [2.75, 3.05) is 27.2 Å². The van der Waals surface area contributed by atoms with E-state index in [9.17, 15) is 9.90 Å². The summed E-state index contributed by atoms with van der Waals surface area (Å²) in [5.74, 6) is -0.0807. The number of aliphatic hydroxyl groups is 1. The molecule has 1 saturated heterocycles. The van der Waals surface area contributed by atoms with Crippen LogP contribution in [0.3, 0.4) is 0 Å². The Bertz CT molecular complexity index is 510. The van der Waals surface area contributed by atoms with Gasteiger partial charge in [-0.3, -0.25) is 4.79 Å². The molecule has 1 N–H and O–H groups in total. The van der Waals surface area contributed by atoms with Gasteiger partial charge in [-0.2, -0.15) is 0 Å². The number of carbonyl (C=O) groups is 1. The minimum atomic E-state index is -0.449. The van der Waals surface area contributed by atoms with Crippen LogP contribution in [0.5, 0.6) is 0 Å². The van der Waals surface area contributed by atoms with Gasteiger partial charge in [0.15, 0.2) is 0 Å². The first kappa shape index (κ1) is 15.8. The molecule has 0 spiro atoms. The van der Waals surface area contributed by atoms with E-state index in [2.05, 4.69) is 15.9 Å². The number of carbonyl (C=O) groups excluding carboxylic acids is 1. The molecule has 20 heavy (non-hydrogen) atoms. The molecule has 0 bridgehead atoms. The van der Waals surface area contributed by atoms with Gasteiger partial charge in [0.2, 0.25) is 0 Å². The molecule has 1 aliphatic heterocycles. The van der Waals surface area contributed by atoms with Crippen molar-refractivity contribution in [3.8, 4) is 0 Å². The number of β-amino-alcohol motifs (C(OH)–C–C–N with tert-alkyl or cyclic N) is 1. The van der Waals surface area contributed by atoms with E-state index in [1.54, 1.807) is 23.1 Å². The first-order chi connectivity index (χ1) is 9.38. The molecular formula is C14H18BrClN2O2. The van der Waals surface area contributed by atoms with E-state index in [0.29, 0.717) is 23.6 Å². The van der Waals surface area contributed by atoms with Gasteiger partial charge >= 0.3 is 0 Å². The van der Waals surface area contributed by atoms with Crippen molar-refractivity contribution < 1.29 is 9.90 Å². The summed E-state index contributed by atoms with van der Waals surface area (Å²) in [6.07, 6.45) is 0.170. The minimum absolute atomic E-state index is 0.0370. The van der Waals surface area contributed by atoms with Crippen molar-refractivity contribution in [3.05, 3.63) is 33.3 Å². The predicted molar refractivity (Wildman–Crippen MR) is 83.2 cm³/mol. The summed E-state index contributed by atoms with van der Waals surface area (Å²) in [5, 5.41) is 10.3. The highest BCUT2D eigenvalue weighted by molar-refractivity contribution is 9.10. The second-order valence-corrected chi connectivity index (χ2v) is 6.65. The fourth-order valence-corrected chi connectivity index (χ4v) is 2.96. The lowest BCUT2D eigenvalue weighted by Crippen LogP contribution is -2.41. The molecule has 2 unspecified atom stereocenters. The lowest BCUT2D eigenvalue weighted by molar-refractivity contribution is 0.0699. The van der Waals surface area contributed by atoms with Gasteiger partial charge in [-0.1, -0.05) is 11.6 Å². The van der Waals surface area contributed by atoms with Crippen LogP contribution in [0.2, 0.25) is 5.02 Å². The van der Waals surface area contributed by atoms with Crippen molar-refractivity contribution in [3.63, 3.8) is 0 Å². The molecule has 4 nitrogen and oxygen atoms in total. The number of benzene rings is 1. The predicted octanol–water partition coefficient (Wildman–Crippen LogP) is 2.24. The first-order valence-electron chi connectivity index (χ1n) is 6.47. The molecule has 1 heterocycles. The molecule has 1 amide bonds. The van der Waals surface area contributed by atoms with E-state index in [4.69, 9.17) is 11.6 Å². The number of likely N-dealkylation sites (N-methyl/N-ethyl adjacent to an activating group) is 1. The lowest BCUT2D eigenvalue weighted by Gasteiger charge is -2.27. The van der Waals surface area contributed by atoms with Crippen molar-refractivity contribution in [2.45, 2.75) is 18.6 Å². The Morgan fingerprint density at radius 3 is 2.85 bits per heavy atom. The van der Waals surface area contributed by atoms with Crippen LogP contribution in [0.15, 0.2) is 22.7 Å². The van der Waals surface area contributed by atoms with Crippen LogP contribution in [0, 0.1) is 0 Å². The molecule has 1 fully saturated rings. The van der Waals surface area contributed by atoms with Gasteiger partial charge < -0.3 is 14.9 Å². The number of likely N-dealkylation sites (tertiary alicyclic amines) is 1. The van der Waals surface area contributed by atoms with Crippen LogP contribution in [-0.2, 0) is 0 Å². The number of hydrogen-bond acceptors (Lipinski definition) is 3. The molecule has 1 aromatic rings. The zero-order valence-corrected chi connectivity index (χ0v) is 13.9. The Balaban J connectivity index is 2.19. The van der Waals surface area contributed by atoms with Crippen LogP contribution < -0.4 is 0 Å². The van der Waals surface area contributed by atoms with Crippen molar-refractivity contribution in [2.24, 2.45) is 0 Å². The van der Waals surface area contributed by atoms with E-state index < -0.39 is 6.10 Å². The first-order valence-corrected chi connectivity index (χ1v) is 7.64. The number of aliphatic hydroxyl groups excluding tert-OH is 1. The average Bonchev–Trinajstić information content (AvgIpc) is 2.72. The zero-order valence-electron chi connectivity index (χ0n) is 11.5. The van der Waals surface area contributed by atoms with Crippen LogP contribution in [-0.4, -0.2) is 60.1 Å². The summed E-state index contributed by atoms with van der Waals surface area (Å²) in [7, 11) is 3.92. The van der Waals surface area contributed by atoms with E-state index in [-0.39, 0.29) is 11.9 Å². The lowest BCUT2D eigenvalue weighted by atomic mass is 10.1. The quantitative estimate of drug-likeness (QED) is 0.898. The van der Waals surface area contributed by atoms with Gasteiger partial charge in [0, 0.05) is 29.2 Å². The Labute approximate surface area is 132 Å². The number of hydrogen-bond donors (Lipinski definition) is 1. The molecule has 0 saturated carbocycles. The third kappa shape index (κ3) is 3.52.